The van der Waals surface area contributed by atoms with Gasteiger partial charge < -0.3 is 10.2 Å². The third-order valence-corrected chi connectivity index (χ3v) is 7.10. The second-order valence-electron chi connectivity index (χ2n) is 7.17. The molecule has 0 saturated carbocycles. The average Bonchev–Trinajstić information content (AvgIpc) is 3.04. The first kappa shape index (κ1) is 21.3. The van der Waals surface area contributed by atoms with Gasteiger partial charge in [-0.2, -0.15) is 4.31 Å². The van der Waals surface area contributed by atoms with Gasteiger partial charge >= 0.3 is 0 Å². The number of amides is 1. The molecule has 0 spiro atoms. The molecule has 156 valence electrons. The summed E-state index contributed by atoms with van der Waals surface area (Å²) in [6.45, 7) is 3.83. The van der Waals surface area contributed by atoms with Gasteiger partial charge in [0.25, 0.3) is 0 Å². The number of anilines is 2. The SMILES string of the molecule is CCN(C(=O)CNc1ccc(S(=O)(=O)N2CCCCCC2)cc1)c1ccccc1. The molecule has 1 aliphatic rings. The van der Waals surface area contributed by atoms with Crippen molar-refractivity contribution in [2.75, 3.05) is 36.4 Å². The zero-order valence-corrected chi connectivity index (χ0v) is 17.7. The summed E-state index contributed by atoms with van der Waals surface area (Å²) >= 11 is 0. The van der Waals surface area contributed by atoms with Crippen LogP contribution in [0, 0.1) is 0 Å². The third-order valence-electron chi connectivity index (χ3n) is 5.19. The van der Waals surface area contributed by atoms with Crippen LogP contribution in [-0.2, 0) is 14.8 Å². The van der Waals surface area contributed by atoms with Gasteiger partial charge in [0.15, 0.2) is 0 Å². The molecule has 0 aliphatic carbocycles. The summed E-state index contributed by atoms with van der Waals surface area (Å²) < 4.78 is 27.3. The Balaban J connectivity index is 1.62. The number of hydrogen-bond donors (Lipinski definition) is 1. The first-order valence-corrected chi connectivity index (χ1v) is 11.7. The highest BCUT2D eigenvalue weighted by atomic mass is 32.2. The van der Waals surface area contributed by atoms with Gasteiger partial charge in [-0.05, 0) is 56.2 Å². The highest BCUT2D eigenvalue weighted by molar-refractivity contribution is 7.89. The molecule has 7 heteroatoms. The molecule has 0 aromatic heterocycles. The maximum Gasteiger partial charge on any atom is 0.246 e. The van der Waals surface area contributed by atoms with Gasteiger partial charge in [0.2, 0.25) is 15.9 Å². The van der Waals surface area contributed by atoms with Gasteiger partial charge in [0.05, 0.1) is 11.4 Å². The Kier molecular flexibility index (Phi) is 7.28. The fourth-order valence-electron chi connectivity index (χ4n) is 3.56. The van der Waals surface area contributed by atoms with Crippen molar-refractivity contribution >= 4 is 27.3 Å². The molecule has 29 heavy (non-hydrogen) atoms. The molecule has 0 radical (unpaired) electrons. The summed E-state index contributed by atoms with van der Waals surface area (Å²) in [6.07, 6.45) is 3.99. The monoisotopic (exact) mass is 415 g/mol. The number of sulfonamides is 1. The molecule has 3 rings (SSSR count). The van der Waals surface area contributed by atoms with Crippen LogP contribution in [0.25, 0.3) is 0 Å². The van der Waals surface area contributed by atoms with E-state index in [1.54, 1.807) is 33.5 Å². The summed E-state index contributed by atoms with van der Waals surface area (Å²) in [5, 5.41) is 3.10. The molecule has 1 fully saturated rings. The summed E-state index contributed by atoms with van der Waals surface area (Å²) in [4.78, 5) is 14.6. The minimum absolute atomic E-state index is 0.0417. The lowest BCUT2D eigenvalue weighted by Crippen LogP contribution is -2.35. The topological polar surface area (TPSA) is 69.7 Å². The summed E-state index contributed by atoms with van der Waals surface area (Å²) in [5.74, 6) is -0.0417. The van der Waals surface area contributed by atoms with Crippen molar-refractivity contribution in [3.8, 4) is 0 Å². The number of rotatable bonds is 7. The molecule has 0 bridgehead atoms. The Morgan fingerprint density at radius 1 is 0.966 bits per heavy atom. The van der Waals surface area contributed by atoms with Crippen LogP contribution < -0.4 is 10.2 Å². The van der Waals surface area contributed by atoms with Gasteiger partial charge in [-0.1, -0.05) is 31.0 Å². The van der Waals surface area contributed by atoms with E-state index in [1.807, 2.05) is 37.3 Å². The first-order valence-electron chi connectivity index (χ1n) is 10.2. The Morgan fingerprint density at radius 2 is 1.59 bits per heavy atom. The molecule has 1 heterocycles. The molecular formula is C22H29N3O3S. The molecule has 2 aromatic carbocycles. The zero-order valence-electron chi connectivity index (χ0n) is 16.9. The Labute approximate surface area is 173 Å². The highest BCUT2D eigenvalue weighted by Crippen LogP contribution is 2.22. The Morgan fingerprint density at radius 3 is 2.17 bits per heavy atom. The Hall–Kier alpha value is -2.38. The van der Waals surface area contributed by atoms with Crippen molar-refractivity contribution in [2.45, 2.75) is 37.5 Å². The van der Waals surface area contributed by atoms with Gasteiger partial charge in [0, 0.05) is 31.0 Å². The van der Waals surface area contributed by atoms with E-state index in [4.69, 9.17) is 0 Å². The largest absolute Gasteiger partial charge is 0.376 e. The highest BCUT2D eigenvalue weighted by Gasteiger charge is 2.25. The maximum atomic E-state index is 12.8. The molecule has 0 atom stereocenters. The van der Waals surface area contributed by atoms with Gasteiger partial charge in [-0.25, -0.2) is 8.42 Å². The molecule has 1 saturated heterocycles. The van der Waals surface area contributed by atoms with Crippen LogP contribution in [0.2, 0.25) is 0 Å². The molecule has 0 unspecified atom stereocenters. The lowest BCUT2D eigenvalue weighted by Gasteiger charge is -2.22. The fraction of sp³-hybridized carbons (Fsp3) is 0.409. The molecule has 1 amide bonds. The van der Waals surface area contributed by atoms with Crippen molar-refractivity contribution in [2.24, 2.45) is 0 Å². The molecule has 2 aromatic rings. The van der Waals surface area contributed by atoms with Crippen molar-refractivity contribution in [3.63, 3.8) is 0 Å². The van der Waals surface area contributed by atoms with E-state index < -0.39 is 10.0 Å². The van der Waals surface area contributed by atoms with Gasteiger partial charge in [-0.15, -0.1) is 0 Å². The van der Waals surface area contributed by atoms with Crippen LogP contribution >= 0.6 is 0 Å². The van der Waals surface area contributed by atoms with E-state index in [-0.39, 0.29) is 12.5 Å². The van der Waals surface area contributed by atoms with E-state index >= 15 is 0 Å². The van der Waals surface area contributed by atoms with Crippen LogP contribution in [0.5, 0.6) is 0 Å². The van der Waals surface area contributed by atoms with E-state index in [0.717, 1.165) is 37.1 Å². The second-order valence-corrected chi connectivity index (χ2v) is 9.11. The predicted octanol–water partition coefficient (Wildman–Crippen LogP) is 3.72. The van der Waals surface area contributed by atoms with Crippen molar-refractivity contribution < 1.29 is 13.2 Å². The molecule has 1 aliphatic heterocycles. The number of hydrogen-bond acceptors (Lipinski definition) is 4. The van der Waals surface area contributed by atoms with Gasteiger partial charge in [0.1, 0.15) is 0 Å². The van der Waals surface area contributed by atoms with Crippen molar-refractivity contribution in [1.29, 1.82) is 0 Å². The number of likely N-dealkylation sites (N-methyl/N-ethyl adjacent to an activating group) is 1. The number of nitrogens with one attached hydrogen (secondary N) is 1. The normalized spacial score (nSPS) is 15.5. The van der Waals surface area contributed by atoms with Gasteiger partial charge in [-0.3, -0.25) is 4.79 Å². The van der Waals surface area contributed by atoms with E-state index in [9.17, 15) is 13.2 Å². The molecule has 1 N–H and O–H groups in total. The number of carbonyl (C=O) groups excluding carboxylic acids is 1. The second kappa shape index (κ2) is 9.89. The number of benzene rings is 2. The fourth-order valence-corrected chi connectivity index (χ4v) is 5.08. The first-order chi connectivity index (χ1) is 14.0. The standard InChI is InChI=1S/C22H29N3O3S/c1-2-25(20-10-6-5-7-11-20)22(26)18-23-19-12-14-21(15-13-19)29(27,28)24-16-8-3-4-9-17-24/h5-7,10-15,23H,2-4,8-9,16-18H2,1H3. The minimum atomic E-state index is -3.46. The van der Waals surface area contributed by atoms with Crippen LogP contribution in [0.3, 0.4) is 0 Å². The lowest BCUT2D eigenvalue weighted by atomic mass is 10.2. The predicted molar refractivity (Wildman–Crippen MR) is 117 cm³/mol. The number of nitrogens with zero attached hydrogens (tertiary/aromatic N) is 2. The van der Waals surface area contributed by atoms with E-state index in [0.29, 0.717) is 24.5 Å². The lowest BCUT2D eigenvalue weighted by molar-refractivity contribution is -0.116. The third kappa shape index (κ3) is 5.36. The van der Waals surface area contributed by atoms with E-state index in [2.05, 4.69) is 5.32 Å². The minimum Gasteiger partial charge on any atom is -0.376 e. The van der Waals surface area contributed by atoms with Crippen LogP contribution in [0.4, 0.5) is 11.4 Å². The summed E-state index contributed by atoms with van der Waals surface area (Å²) in [5.41, 5.74) is 1.58. The zero-order chi connectivity index (χ0) is 20.7. The molecule has 6 nitrogen and oxygen atoms in total. The molecular weight excluding hydrogens is 386 g/mol. The Bertz CT molecular complexity index is 891. The van der Waals surface area contributed by atoms with Crippen LogP contribution in [0.1, 0.15) is 32.6 Å². The van der Waals surface area contributed by atoms with Crippen molar-refractivity contribution in [1.82, 2.24) is 4.31 Å². The average molecular weight is 416 g/mol. The summed E-state index contributed by atoms with van der Waals surface area (Å²) in [6, 6.07) is 16.2. The van der Waals surface area contributed by atoms with Crippen LogP contribution in [0.15, 0.2) is 59.5 Å². The van der Waals surface area contributed by atoms with Crippen molar-refractivity contribution in [3.05, 3.63) is 54.6 Å². The quantitative estimate of drug-likeness (QED) is 0.748. The van der Waals surface area contributed by atoms with E-state index in [1.165, 1.54) is 0 Å². The number of para-hydroxylation sites is 1. The maximum absolute atomic E-state index is 12.8. The summed E-state index contributed by atoms with van der Waals surface area (Å²) in [7, 11) is -3.46. The smallest absolute Gasteiger partial charge is 0.246 e. The van der Waals surface area contributed by atoms with Crippen LogP contribution in [-0.4, -0.2) is 44.8 Å². The number of carbonyl (C=O) groups is 1.